The number of benzene rings is 1. The van der Waals surface area contributed by atoms with E-state index in [-0.39, 0.29) is 25.0 Å². The van der Waals surface area contributed by atoms with E-state index < -0.39 is 73.4 Å². The highest BCUT2D eigenvalue weighted by Gasteiger charge is 2.47. The second-order valence-electron chi connectivity index (χ2n) is 9.15. The number of rotatable bonds is 12. The lowest BCUT2D eigenvalue weighted by Gasteiger charge is -2.43. The van der Waals surface area contributed by atoms with E-state index in [0.717, 1.165) is 5.56 Å². The highest BCUT2D eigenvalue weighted by molar-refractivity contribution is 5.89. The molecule has 210 valence electrons. The van der Waals surface area contributed by atoms with Gasteiger partial charge in [-0.1, -0.05) is 36.4 Å². The van der Waals surface area contributed by atoms with Gasteiger partial charge in [0.2, 0.25) is 6.29 Å². The van der Waals surface area contributed by atoms with Gasteiger partial charge in [-0.05, 0) is 24.9 Å². The second-order valence-corrected chi connectivity index (χ2v) is 9.15. The van der Waals surface area contributed by atoms with Crippen molar-refractivity contribution in [2.24, 2.45) is 11.8 Å². The Morgan fingerprint density at radius 1 is 1.13 bits per heavy atom. The number of ether oxygens (including phenoxy) is 4. The number of hydrogen-bond donors (Lipinski definition) is 6. The number of aliphatic carboxylic acids is 1. The first-order valence-electron chi connectivity index (χ1n) is 12.2. The average Bonchev–Trinajstić information content (AvgIpc) is 2.92. The number of carbonyl (C=O) groups is 2. The molecular weight excluding hydrogens is 502 g/mol. The number of carboxylic acids is 1. The third-order valence-corrected chi connectivity index (χ3v) is 6.74. The van der Waals surface area contributed by atoms with Crippen LogP contribution in [0.5, 0.6) is 0 Å². The van der Waals surface area contributed by atoms with E-state index in [2.05, 4.69) is 11.9 Å². The number of hydrogen-bond acceptors (Lipinski definition) is 11. The van der Waals surface area contributed by atoms with Crippen LogP contribution >= 0.6 is 0 Å². The van der Waals surface area contributed by atoms with Crippen LogP contribution in [0.4, 0.5) is 0 Å². The van der Waals surface area contributed by atoms with Gasteiger partial charge in [0.05, 0.1) is 25.6 Å². The normalized spacial score (nSPS) is 32.0. The minimum absolute atomic E-state index is 0.183. The summed E-state index contributed by atoms with van der Waals surface area (Å²) in [4.78, 5) is 24.3. The van der Waals surface area contributed by atoms with Gasteiger partial charge in [0.25, 0.3) is 0 Å². The molecule has 38 heavy (non-hydrogen) atoms. The third-order valence-electron chi connectivity index (χ3n) is 6.74. The van der Waals surface area contributed by atoms with Crippen LogP contribution in [0.2, 0.25) is 0 Å². The standard InChI is InChI=1S/C26H35NO11/c1-3-15-16(9-10-27-18(23(32)33)11-14-7-5-4-6-8-14)17(24(34)35-2)13-36-25(15)38-26-22(31)21(30)20(29)19(12-28)37-26/h3-8,13,15-16,18-22,25-31H,1,9-12H2,2H3,(H,32,33)/t15-,16+,18?,19-,20-,21+,22-,25+,26+/m1/s1. The van der Waals surface area contributed by atoms with Crippen molar-refractivity contribution >= 4 is 11.9 Å². The van der Waals surface area contributed by atoms with E-state index in [9.17, 15) is 35.1 Å². The number of carboxylic acid groups (broad SMARTS) is 1. The summed E-state index contributed by atoms with van der Waals surface area (Å²) in [7, 11) is 1.22. The number of aliphatic hydroxyl groups excluding tert-OH is 4. The summed E-state index contributed by atoms with van der Waals surface area (Å²) in [5, 5.41) is 52.6. The summed E-state index contributed by atoms with van der Waals surface area (Å²) in [6.45, 7) is 3.39. The summed E-state index contributed by atoms with van der Waals surface area (Å²) in [6.07, 6.45) is -5.43. The van der Waals surface area contributed by atoms with Gasteiger partial charge < -0.3 is 49.8 Å². The van der Waals surface area contributed by atoms with Crippen LogP contribution < -0.4 is 5.32 Å². The molecule has 12 heteroatoms. The zero-order valence-electron chi connectivity index (χ0n) is 21.0. The topological polar surface area (TPSA) is 184 Å². The zero-order valence-corrected chi connectivity index (χ0v) is 21.0. The Morgan fingerprint density at radius 3 is 2.45 bits per heavy atom. The molecule has 1 saturated heterocycles. The van der Waals surface area contributed by atoms with E-state index in [1.165, 1.54) is 19.4 Å². The molecule has 0 bridgehead atoms. The van der Waals surface area contributed by atoms with E-state index in [4.69, 9.17) is 18.9 Å². The van der Waals surface area contributed by atoms with Gasteiger partial charge >= 0.3 is 11.9 Å². The van der Waals surface area contributed by atoms with Gasteiger partial charge in [0.15, 0.2) is 6.29 Å². The molecule has 1 fully saturated rings. The third kappa shape index (κ3) is 6.97. The van der Waals surface area contributed by atoms with E-state index in [1.54, 1.807) is 0 Å². The Morgan fingerprint density at radius 2 is 1.84 bits per heavy atom. The van der Waals surface area contributed by atoms with Gasteiger partial charge in [-0.25, -0.2) is 4.79 Å². The molecule has 1 aromatic carbocycles. The molecule has 2 aliphatic rings. The van der Waals surface area contributed by atoms with Gasteiger partial charge in [0, 0.05) is 11.8 Å². The molecule has 12 nitrogen and oxygen atoms in total. The van der Waals surface area contributed by atoms with Crippen molar-refractivity contribution in [1.29, 1.82) is 0 Å². The van der Waals surface area contributed by atoms with Crippen molar-refractivity contribution in [3.8, 4) is 0 Å². The first-order valence-corrected chi connectivity index (χ1v) is 12.2. The number of esters is 1. The monoisotopic (exact) mass is 537 g/mol. The molecule has 2 aliphatic heterocycles. The molecular formula is C26H35NO11. The highest BCUT2D eigenvalue weighted by atomic mass is 16.8. The van der Waals surface area contributed by atoms with Crippen LogP contribution in [0.25, 0.3) is 0 Å². The predicted octanol–water partition coefficient (Wildman–Crippen LogP) is -0.690. The van der Waals surface area contributed by atoms with Crippen molar-refractivity contribution in [3.63, 3.8) is 0 Å². The summed E-state index contributed by atoms with van der Waals surface area (Å²) >= 11 is 0. The van der Waals surface area contributed by atoms with E-state index in [0.29, 0.717) is 0 Å². The number of carbonyl (C=O) groups excluding carboxylic acids is 1. The maximum atomic E-state index is 12.5. The maximum Gasteiger partial charge on any atom is 0.337 e. The van der Waals surface area contributed by atoms with Crippen molar-refractivity contribution < 1.29 is 54.1 Å². The van der Waals surface area contributed by atoms with Crippen LogP contribution in [0, 0.1) is 11.8 Å². The molecule has 3 rings (SSSR count). The minimum atomic E-state index is -1.65. The largest absolute Gasteiger partial charge is 0.480 e. The fraction of sp³-hybridized carbons (Fsp3) is 0.538. The Kier molecular flexibility index (Phi) is 10.8. The lowest BCUT2D eigenvalue weighted by Crippen LogP contribution is -2.60. The molecule has 0 spiro atoms. The van der Waals surface area contributed by atoms with Gasteiger partial charge in [-0.15, -0.1) is 6.58 Å². The van der Waals surface area contributed by atoms with Crippen LogP contribution in [0.15, 0.2) is 54.8 Å². The Labute approximate surface area is 220 Å². The Hall–Kier alpha value is -2.84. The average molecular weight is 538 g/mol. The molecule has 9 atom stereocenters. The molecule has 2 heterocycles. The summed E-state index contributed by atoms with van der Waals surface area (Å²) in [6, 6.07) is 8.30. The van der Waals surface area contributed by atoms with Gasteiger partial charge in [0.1, 0.15) is 30.5 Å². The van der Waals surface area contributed by atoms with Crippen molar-refractivity contribution in [2.75, 3.05) is 20.3 Å². The Balaban J connectivity index is 1.73. The Bertz CT molecular complexity index is 969. The zero-order chi connectivity index (χ0) is 27.8. The SMILES string of the molecule is C=C[C@H]1[C@H](O[C@@H]2O[C@H](CO)[C@@H](O)[C@H](O)[C@H]2O)OC=C(C(=O)OC)[C@H]1CCNC(Cc1ccccc1)C(=O)O. The molecule has 1 aromatic rings. The fourth-order valence-electron chi connectivity index (χ4n) is 4.60. The van der Waals surface area contributed by atoms with Gasteiger partial charge in [-0.3, -0.25) is 4.79 Å². The number of methoxy groups -OCH3 is 1. The molecule has 0 aromatic heterocycles. The molecule has 0 radical (unpaired) electrons. The number of nitrogens with one attached hydrogen (secondary N) is 1. The van der Waals surface area contributed by atoms with Crippen LogP contribution in [0.1, 0.15) is 12.0 Å². The molecule has 0 saturated carbocycles. The summed E-state index contributed by atoms with van der Waals surface area (Å²) in [5.74, 6) is -2.93. The highest BCUT2D eigenvalue weighted by Crippen LogP contribution is 2.36. The minimum Gasteiger partial charge on any atom is -0.480 e. The quantitative estimate of drug-likeness (QED) is 0.146. The van der Waals surface area contributed by atoms with Crippen LogP contribution in [-0.2, 0) is 35.0 Å². The molecule has 1 unspecified atom stereocenters. The lowest BCUT2D eigenvalue weighted by molar-refractivity contribution is -0.339. The smallest absolute Gasteiger partial charge is 0.337 e. The first kappa shape index (κ1) is 29.7. The molecule has 0 aliphatic carbocycles. The fourth-order valence-corrected chi connectivity index (χ4v) is 4.60. The number of aliphatic hydroxyl groups is 4. The van der Waals surface area contributed by atoms with Crippen molar-refractivity contribution in [3.05, 3.63) is 60.4 Å². The maximum absolute atomic E-state index is 12.5. The summed E-state index contributed by atoms with van der Waals surface area (Å²) < 4.78 is 21.7. The van der Waals surface area contributed by atoms with Crippen molar-refractivity contribution in [2.45, 2.75) is 55.9 Å². The van der Waals surface area contributed by atoms with Crippen LogP contribution in [0.3, 0.4) is 0 Å². The predicted molar refractivity (Wildman–Crippen MR) is 131 cm³/mol. The second kappa shape index (κ2) is 13.8. The molecule has 6 N–H and O–H groups in total. The van der Waals surface area contributed by atoms with Crippen LogP contribution in [-0.4, -0.2) is 101 Å². The lowest BCUT2D eigenvalue weighted by atomic mass is 9.81. The molecule has 0 amide bonds. The summed E-state index contributed by atoms with van der Waals surface area (Å²) in [5.41, 5.74) is 1.04. The van der Waals surface area contributed by atoms with E-state index in [1.807, 2.05) is 30.3 Å². The first-order chi connectivity index (χ1) is 18.2. The van der Waals surface area contributed by atoms with E-state index >= 15 is 0 Å². The van der Waals surface area contributed by atoms with Gasteiger partial charge in [-0.2, -0.15) is 0 Å². The van der Waals surface area contributed by atoms with Crippen molar-refractivity contribution in [1.82, 2.24) is 5.32 Å².